The van der Waals surface area contributed by atoms with Gasteiger partial charge in [-0.2, -0.15) is 0 Å². The van der Waals surface area contributed by atoms with Crippen LogP contribution in [0.5, 0.6) is 0 Å². The summed E-state index contributed by atoms with van der Waals surface area (Å²) in [6.45, 7) is 4.14. The second kappa shape index (κ2) is 9.30. The van der Waals surface area contributed by atoms with Crippen LogP contribution in [0.1, 0.15) is 26.2 Å². The number of benzene rings is 1. The zero-order valence-electron chi connectivity index (χ0n) is 15.5. The molecule has 0 radical (unpaired) electrons. The molecule has 1 aromatic carbocycles. The lowest BCUT2D eigenvalue weighted by Gasteiger charge is -2.33. The maximum Gasteiger partial charge on any atom is 0.317 e. The van der Waals surface area contributed by atoms with Gasteiger partial charge in [0.1, 0.15) is 0 Å². The second-order valence-electron chi connectivity index (χ2n) is 6.79. The standard InChI is InChI=1S/C19H30N4O2/c1-15(22(3)17-7-5-4-6-8-17)14-21-19(25)23-11-9-16(10-12-23)13-18(24)20-2/h4-8,15-16H,9-14H2,1-3H3,(H,20,24)(H,21,25). The lowest BCUT2D eigenvalue weighted by molar-refractivity contribution is -0.121. The van der Waals surface area contributed by atoms with E-state index >= 15 is 0 Å². The number of urea groups is 1. The summed E-state index contributed by atoms with van der Waals surface area (Å²) >= 11 is 0. The van der Waals surface area contributed by atoms with Crippen LogP contribution in [-0.4, -0.2) is 56.6 Å². The fraction of sp³-hybridized carbons (Fsp3) is 0.579. The minimum atomic E-state index is -0.00768. The van der Waals surface area contributed by atoms with Crippen LogP contribution in [-0.2, 0) is 4.79 Å². The number of likely N-dealkylation sites (tertiary alicyclic amines) is 1. The van der Waals surface area contributed by atoms with Gasteiger partial charge in [0, 0.05) is 51.9 Å². The number of hydrogen-bond acceptors (Lipinski definition) is 3. The molecular weight excluding hydrogens is 316 g/mol. The van der Waals surface area contributed by atoms with Crippen molar-refractivity contribution >= 4 is 17.6 Å². The summed E-state index contributed by atoms with van der Waals surface area (Å²) in [7, 11) is 3.70. The molecule has 6 heteroatoms. The molecule has 1 aliphatic heterocycles. The molecule has 0 saturated carbocycles. The largest absolute Gasteiger partial charge is 0.370 e. The Morgan fingerprint density at radius 1 is 1.24 bits per heavy atom. The van der Waals surface area contributed by atoms with E-state index in [9.17, 15) is 9.59 Å². The van der Waals surface area contributed by atoms with E-state index < -0.39 is 0 Å². The number of piperidine rings is 1. The number of carbonyl (C=O) groups is 2. The molecule has 2 N–H and O–H groups in total. The number of likely N-dealkylation sites (N-methyl/N-ethyl adjacent to an activating group) is 1. The molecule has 1 fully saturated rings. The first-order valence-corrected chi connectivity index (χ1v) is 9.02. The SMILES string of the molecule is CNC(=O)CC1CCN(C(=O)NCC(C)N(C)c2ccccc2)CC1. The normalized spacial score (nSPS) is 16.2. The molecule has 1 aliphatic rings. The predicted molar refractivity (Wildman–Crippen MR) is 101 cm³/mol. The summed E-state index contributed by atoms with van der Waals surface area (Å²) in [5, 5.41) is 5.70. The summed E-state index contributed by atoms with van der Waals surface area (Å²) in [5.74, 6) is 0.466. The van der Waals surface area contributed by atoms with Gasteiger partial charge >= 0.3 is 6.03 Å². The van der Waals surface area contributed by atoms with Gasteiger partial charge in [-0.15, -0.1) is 0 Å². The predicted octanol–water partition coefficient (Wildman–Crippen LogP) is 2.07. The van der Waals surface area contributed by atoms with Crippen molar-refractivity contribution in [3.63, 3.8) is 0 Å². The van der Waals surface area contributed by atoms with E-state index in [1.54, 1.807) is 7.05 Å². The van der Waals surface area contributed by atoms with Crippen molar-refractivity contribution in [2.45, 2.75) is 32.2 Å². The zero-order valence-corrected chi connectivity index (χ0v) is 15.5. The van der Waals surface area contributed by atoms with E-state index in [4.69, 9.17) is 0 Å². The third-order valence-corrected chi connectivity index (χ3v) is 5.03. The fourth-order valence-electron chi connectivity index (χ4n) is 3.11. The smallest absolute Gasteiger partial charge is 0.317 e. The highest BCUT2D eigenvalue weighted by Gasteiger charge is 2.24. The average molecular weight is 346 g/mol. The first-order chi connectivity index (χ1) is 12.0. The van der Waals surface area contributed by atoms with Crippen LogP contribution >= 0.6 is 0 Å². The number of carbonyl (C=O) groups excluding carboxylic acids is 2. The molecule has 1 aromatic rings. The third-order valence-electron chi connectivity index (χ3n) is 5.03. The van der Waals surface area contributed by atoms with Crippen molar-refractivity contribution in [3.8, 4) is 0 Å². The van der Waals surface area contributed by atoms with Crippen LogP contribution in [0.4, 0.5) is 10.5 Å². The molecule has 138 valence electrons. The van der Waals surface area contributed by atoms with Gasteiger partial charge in [0.2, 0.25) is 5.91 Å². The summed E-state index contributed by atoms with van der Waals surface area (Å²) in [6.07, 6.45) is 2.34. The molecule has 0 spiro atoms. The van der Waals surface area contributed by atoms with Gasteiger partial charge in [-0.1, -0.05) is 18.2 Å². The summed E-state index contributed by atoms with van der Waals surface area (Å²) < 4.78 is 0. The lowest BCUT2D eigenvalue weighted by Crippen LogP contribution is -2.48. The van der Waals surface area contributed by atoms with Crippen LogP contribution in [0.3, 0.4) is 0 Å². The Morgan fingerprint density at radius 3 is 2.48 bits per heavy atom. The van der Waals surface area contributed by atoms with Gasteiger partial charge in [-0.05, 0) is 37.8 Å². The van der Waals surface area contributed by atoms with E-state index in [1.165, 1.54) is 0 Å². The van der Waals surface area contributed by atoms with E-state index in [2.05, 4.69) is 34.6 Å². The van der Waals surface area contributed by atoms with Crippen LogP contribution in [0.25, 0.3) is 0 Å². The highest BCUT2D eigenvalue weighted by atomic mass is 16.2. The summed E-state index contributed by atoms with van der Waals surface area (Å²) in [5.41, 5.74) is 1.14. The Bertz CT molecular complexity index is 556. The Kier molecular flexibility index (Phi) is 7.10. The molecule has 1 saturated heterocycles. The molecule has 0 bridgehead atoms. The Labute approximate surface area is 150 Å². The Morgan fingerprint density at radius 2 is 1.88 bits per heavy atom. The van der Waals surface area contributed by atoms with E-state index in [0.717, 1.165) is 31.6 Å². The molecule has 3 amide bonds. The van der Waals surface area contributed by atoms with Crippen LogP contribution in [0, 0.1) is 5.92 Å². The molecule has 1 unspecified atom stereocenters. The van der Waals surface area contributed by atoms with Crippen LogP contribution < -0.4 is 15.5 Å². The highest BCUT2D eigenvalue weighted by Crippen LogP contribution is 2.20. The first-order valence-electron chi connectivity index (χ1n) is 9.02. The zero-order chi connectivity index (χ0) is 18.2. The Balaban J connectivity index is 1.73. The van der Waals surface area contributed by atoms with E-state index in [1.807, 2.05) is 30.1 Å². The van der Waals surface area contributed by atoms with Crippen molar-refractivity contribution < 1.29 is 9.59 Å². The highest BCUT2D eigenvalue weighted by molar-refractivity contribution is 5.76. The monoisotopic (exact) mass is 346 g/mol. The quantitative estimate of drug-likeness (QED) is 0.829. The van der Waals surface area contributed by atoms with E-state index in [-0.39, 0.29) is 18.0 Å². The average Bonchev–Trinajstić information content (AvgIpc) is 2.66. The van der Waals surface area contributed by atoms with Gasteiger partial charge in [0.15, 0.2) is 0 Å². The first kappa shape index (κ1) is 19.1. The van der Waals surface area contributed by atoms with Crippen molar-refractivity contribution in [2.24, 2.45) is 5.92 Å². The third kappa shape index (κ3) is 5.66. The van der Waals surface area contributed by atoms with Crippen molar-refractivity contribution in [1.82, 2.24) is 15.5 Å². The number of amides is 3. The molecular formula is C19H30N4O2. The van der Waals surface area contributed by atoms with Gasteiger partial charge in [0.25, 0.3) is 0 Å². The molecule has 0 aromatic heterocycles. The summed E-state index contributed by atoms with van der Waals surface area (Å²) in [4.78, 5) is 27.8. The number of nitrogens with one attached hydrogen (secondary N) is 2. The maximum atomic E-state index is 12.4. The molecule has 0 aliphatic carbocycles. The van der Waals surface area contributed by atoms with Gasteiger partial charge < -0.3 is 20.4 Å². The van der Waals surface area contributed by atoms with Gasteiger partial charge in [0.05, 0.1) is 0 Å². The van der Waals surface area contributed by atoms with Crippen molar-refractivity contribution in [3.05, 3.63) is 30.3 Å². The van der Waals surface area contributed by atoms with Crippen molar-refractivity contribution in [1.29, 1.82) is 0 Å². The number of para-hydroxylation sites is 1. The van der Waals surface area contributed by atoms with E-state index in [0.29, 0.717) is 18.9 Å². The molecule has 2 rings (SSSR count). The Hall–Kier alpha value is -2.24. The molecule has 6 nitrogen and oxygen atoms in total. The van der Waals surface area contributed by atoms with Crippen molar-refractivity contribution in [2.75, 3.05) is 38.6 Å². The minimum Gasteiger partial charge on any atom is -0.370 e. The molecule has 1 atom stereocenters. The number of rotatable bonds is 6. The van der Waals surface area contributed by atoms with Crippen LogP contribution in [0.15, 0.2) is 30.3 Å². The lowest BCUT2D eigenvalue weighted by atomic mass is 9.93. The van der Waals surface area contributed by atoms with Crippen LogP contribution in [0.2, 0.25) is 0 Å². The minimum absolute atomic E-state index is 0.00768. The number of anilines is 1. The topological polar surface area (TPSA) is 64.7 Å². The number of hydrogen-bond donors (Lipinski definition) is 2. The van der Waals surface area contributed by atoms with Gasteiger partial charge in [-0.3, -0.25) is 4.79 Å². The molecule has 1 heterocycles. The fourth-order valence-corrected chi connectivity index (χ4v) is 3.11. The number of nitrogens with zero attached hydrogens (tertiary/aromatic N) is 2. The molecule has 25 heavy (non-hydrogen) atoms. The summed E-state index contributed by atoms with van der Waals surface area (Å²) in [6, 6.07) is 10.4. The second-order valence-corrected chi connectivity index (χ2v) is 6.79. The van der Waals surface area contributed by atoms with Gasteiger partial charge in [-0.25, -0.2) is 4.79 Å². The maximum absolute atomic E-state index is 12.4.